The largest absolute Gasteiger partial charge is 0.465 e. The third-order valence-electron chi connectivity index (χ3n) is 3.79. The van der Waals surface area contributed by atoms with Crippen LogP contribution in [0.5, 0.6) is 0 Å². The van der Waals surface area contributed by atoms with E-state index in [1.54, 1.807) is 0 Å². The zero-order valence-corrected chi connectivity index (χ0v) is 10.5. The molecule has 2 aliphatic rings. The summed E-state index contributed by atoms with van der Waals surface area (Å²) in [7, 11) is 0. The van der Waals surface area contributed by atoms with Crippen molar-refractivity contribution in [2.75, 3.05) is 39.4 Å². The summed E-state index contributed by atoms with van der Waals surface area (Å²) in [5.41, 5.74) is 0. The predicted octanol–water partition coefficient (Wildman–Crippen LogP) is 0.276. The highest BCUT2D eigenvalue weighted by molar-refractivity contribution is 5.67. The smallest absolute Gasteiger partial charge is 0.407 e. The Bertz CT molecular complexity index is 304. The number of hydrogen-bond acceptors (Lipinski definition) is 4. The van der Waals surface area contributed by atoms with Crippen LogP contribution in [0.25, 0.3) is 0 Å². The van der Waals surface area contributed by atoms with Crippen LogP contribution >= 0.6 is 0 Å². The Morgan fingerprint density at radius 2 is 2.06 bits per heavy atom. The van der Waals surface area contributed by atoms with Gasteiger partial charge in [0, 0.05) is 39.4 Å². The lowest BCUT2D eigenvalue weighted by molar-refractivity contribution is -0.114. The average molecular weight is 256 g/mol. The van der Waals surface area contributed by atoms with Gasteiger partial charge in [0.05, 0.1) is 6.04 Å². The normalized spacial score (nSPS) is 27.1. The average Bonchev–Trinajstić information content (AvgIpc) is 2.40. The van der Waals surface area contributed by atoms with Gasteiger partial charge in [-0.15, -0.1) is 0 Å². The number of rotatable bonds is 3. The van der Waals surface area contributed by atoms with Crippen LogP contribution in [0.15, 0.2) is 0 Å². The molecule has 6 nitrogen and oxygen atoms in total. The predicted molar refractivity (Wildman–Crippen MR) is 64.6 cm³/mol. The summed E-state index contributed by atoms with van der Waals surface area (Å²) in [6.45, 7) is 3.90. The van der Waals surface area contributed by atoms with Crippen LogP contribution < -0.4 is 0 Å². The molecular weight excluding hydrogens is 236 g/mol. The SMILES string of the molecule is O=C[C@H]1CN(C(=O)O)CCN1CC1CCOCC1. The maximum absolute atomic E-state index is 11.1. The molecule has 2 heterocycles. The minimum atomic E-state index is -0.937. The maximum atomic E-state index is 11.1. The van der Waals surface area contributed by atoms with E-state index in [1.807, 2.05) is 0 Å². The molecule has 0 bridgehead atoms. The van der Waals surface area contributed by atoms with Crippen molar-refractivity contribution in [3.8, 4) is 0 Å². The first kappa shape index (κ1) is 13.3. The third-order valence-corrected chi connectivity index (χ3v) is 3.79. The van der Waals surface area contributed by atoms with Crippen molar-refractivity contribution in [1.29, 1.82) is 0 Å². The van der Waals surface area contributed by atoms with E-state index in [9.17, 15) is 9.59 Å². The molecule has 0 aromatic rings. The lowest BCUT2D eigenvalue weighted by Gasteiger charge is -2.39. The molecule has 1 atom stereocenters. The van der Waals surface area contributed by atoms with Crippen LogP contribution in [0.3, 0.4) is 0 Å². The molecule has 0 aromatic heterocycles. The van der Waals surface area contributed by atoms with Crippen LogP contribution in [0.1, 0.15) is 12.8 Å². The van der Waals surface area contributed by atoms with Gasteiger partial charge in [0.25, 0.3) is 0 Å². The summed E-state index contributed by atoms with van der Waals surface area (Å²) in [5, 5.41) is 8.93. The fourth-order valence-corrected chi connectivity index (χ4v) is 2.64. The lowest BCUT2D eigenvalue weighted by atomic mass is 9.98. The second-order valence-corrected chi connectivity index (χ2v) is 4.98. The first-order chi connectivity index (χ1) is 8.70. The highest BCUT2D eigenvalue weighted by Gasteiger charge is 2.30. The highest BCUT2D eigenvalue weighted by atomic mass is 16.5. The van der Waals surface area contributed by atoms with Gasteiger partial charge in [0.15, 0.2) is 0 Å². The van der Waals surface area contributed by atoms with Crippen molar-refractivity contribution in [3.63, 3.8) is 0 Å². The number of amides is 1. The van der Waals surface area contributed by atoms with Crippen LogP contribution in [-0.4, -0.2) is 72.7 Å². The van der Waals surface area contributed by atoms with Crippen molar-refractivity contribution >= 4 is 12.4 Å². The van der Waals surface area contributed by atoms with Crippen LogP contribution in [0.4, 0.5) is 4.79 Å². The fourth-order valence-electron chi connectivity index (χ4n) is 2.64. The van der Waals surface area contributed by atoms with E-state index in [0.29, 0.717) is 25.6 Å². The van der Waals surface area contributed by atoms with Gasteiger partial charge < -0.3 is 19.5 Å². The summed E-state index contributed by atoms with van der Waals surface area (Å²) in [4.78, 5) is 25.4. The maximum Gasteiger partial charge on any atom is 0.407 e. The van der Waals surface area contributed by atoms with Crippen molar-refractivity contribution < 1.29 is 19.4 Å². The number of carbonyl (C=O) groups excluding carboxylic acids is 1. The zero-order chi connectivity index (χ0) is 13.0. The molecule has 1 amide bonds. The van der Waals surface area contributed by atoms with Crippen molar-refractivity contribution in [1.82, 2.24) is 9.80 Å². The molecule has 2 saturated heterocycles. The van der Waals surface area contributed by atoms with Crippen LogP contribution in [0, 0.1) is 5.92 Å². The van der Waals surface area contributed by atoms with Gasteiger partial charge in [-0.2, -0.15) is 0 Å². The summed E-state index contributed by atoms with van der Waals surface area (Å²) in [5.74, 6) is 0.567. The molecular formula is C12H20N2O4. The molecule has 0 spiro atoms. The van der Waals surface area contributed by atoms with Gasteiger partial charge in [-0.3, -0.25) is 4.90 Å². The Kier molecular flexibility index (Phi) is 4.54. The molecule has 6 heteroatoms. The van der Waals surface area contributed by atoms with Crippen molar-refractivity contribution in [3.05, 3.63) is 0 Å². The summed E-state index contributed by atoms with van der Waals surface area (Å²) in [6.07, 6.45) is 2.00. The third kappa shape index (κ3) is 3.20. The second-order valence-electron chi connectivity index (χ2n) is 4.98. The van der Waals surface area contributed by atoms with E-state index >= 15 is 0 Å². The number of ether oxygens (including phenoxy) is 1. The number of nitrogens with zero attached hydrogens (tertiary/aromatic N) is 2. The van der Waals surface area contributed by atoms with E-state index < -0.39 is 6.09 Å². The van der Waals surface area contributed by atoms with E-state index in [1.165, 1.54) is 4.90 Å². The number of aldehydes is 1. The summed E-state index contributed by atoms with van der Waals surface area (Å²) in [6, 6.07) is -0.294. The molecule has 2 fully saturated rings. The number of carboxylic acid groups (broad SMARTS) is 1. The van der Waals surface area contributed by atoms with Gasteiger partial charge in [-0.25, -0.2) is 4.79 Å². The van der Waals surface area contributed by atoms with E-state index in [4.69, 9.17) is 9.84 Å². The fraction of sp³-hybridized carbons (Fsp3) is 0.833. The Hall–Kier alpha value is -1.14. The molecule has 2 rings (SSSR count). The van der Waals surface area contributed by atoms with Gasteiger partial charge >= 0.3 is 6.09 Å². The van der Waals surface area contributed by atoms with E-state index in [2.05, 4.69) is 4.90 Å². The summed E-state index contributed by atoms with van der Waals surface area (Å²) >= 11 is 0. The Morgan fingerprint density at radius 3 is 2.67 bits per heavy atom. The number of hydrogen-bond donors (Lipinski definition) is 1. The molecule has 0 unspecified atom stereocenters. The molecule has 0 aromatic carbocycles. The van der Waals surface area contributed by atoms with Gasteiger partial charge in [0.1, 0.15) is 6.29 Å². The van der Waals surface area contributed by atoms with Crippen molar-refractivity contribution in [2.45, 2.75) is 18.9 Å². The molecule has 2 aliphatic heterocycles. The Balaban J connectivity index is 1.88. The first-order valence-corrected chi connectivity index (χ1v) is 6.45. The van der Waals surface area contributed by atoms with Crippen LogP contribution in [-0.2, 0) is 9.53 Å². The standard InChI is InChI=1S/C12H20N2O4/c15-9-11-8-14(12(16)17)4-3-13(11)7-10-1-5-18-6-2-10/h9-11H,1-8H2,(H,16,17)/t11-/m1/s1. The molecule has 1 N–H and O–H groups in total. The minimum absolute atomic E-state index is 0.294. The quantitative estimate of drug-likeness (QED) is 0.734. The monoisotopic (exact) mass is 256 g/mol. The highest BCUT2D eigenvalue weighted by Crippen LogP contribution is 2.19. The summed E-state index contributed by atoms with van der Waals surface area (Å²) < 4.78 is 5.32. The Morgan fingerprint density at radius 1 is 1.33 bits per heavy atom. The lowest BCUT2D eigenvalue weighted by Crippen LogP contribution is -2.56. The second kappa shape index (κ2) is 6.15. The van der Waals surface area contributed by atoms with Crippen molar-refractivity contribution in [2.24, 2.45) is 5.92 Å². The Labute approximate surface area is 106 Å². The van der Waals surface area contributed by atoms with E-state index in [-0.39, 0.29) is 6.04 Å². The topological polar surface area (TPSA) is 70.1 Å². The van der Waals surface area contributed by atoms with Gasteiger partial charge in [0.2, 0.25) is 0 Å². The van der Waals surface area contributed by atoms with Gasteiger partial charge in [-0.05, 0) is 18.8 Å². The molecule has 0 aliphatic carbocycles. The molecule has 0 saturated carbocycles. The first-order valence-electron chi connectivity index (χ1n) is 6.45. The van der Waals surface area contributed by atoms with Gasteiger partial charge in [-0.1, -0.05) is 0 Å². The number of carbonyl (C=O) groups is 2. The van der Waals surface area contributed by atoms with Crippen LogP contribution in [0.2, 0.25) is 0 Å². The minimum Gasteiger partial charge on any atom is -0.465 e. The number of piperazine rings is 1. The molecule has 0 radical (unpaired) electrons. The molecule has 102 valence electrons. The van der Waals surface area contributed by atoms with E-state index in [0.717, 1.165) is 38.9 Å². The zero-order valence-electron chi connectivity index (χ0n) is 10.5. The molecule has 18 heavy (non-hydrogen) atoms.